The topological polar surface area (TPSA) is 68.3 Å². The number of nitrogens with one attached hydrogen (secondary N) is 1. The molecule has 1 aliphatic rings. The predicted octanol–water partition coefficient (Wildman–Crippen LogP) is 6.03. The summed E-state index contributed by atoms with van der Waals surface area (Å²) in [6, 6.07) is 11.4. The van der Waals surface area contributed by atoms with Gasteiger partial charge in [-0.2, -0.15) is 17.6 Å². The maximum Gasteiger partial charge on any atom is 0.416 e. The number of benzene rings is 2. The van der Waals surface area contributed by atoms with Gasteiger partial charge >= 0.3 is 6.18 Å². The van der Waals surface area contributed by atoms with Crippen molar-refractivity contribution in [1.29, 1.82) is 0 Å². The Hall–Kier alpha value is -3.21. The molecule has 0 radical (unpaired) electrons. The van der Waals surface area contributed by atoms with Crippen molar-refractivity contribution in [1.82, 2.24) is 4.98 Å². The summed E-state index contributed by atoms with van der Waals surface area (Å²) < 4.78 is 100. The third kappa shape index (κ3) is 5.16. The van der Waals surface area contributed by atoms with Crippen molar-refractivity contribution in [3.05, 3.63) is 82.8 Å². The number of sulfonamides is 1. The molecule has 0 amide bonds. The maximum atomic E-state index is 13.4. The smallest absolute Gasteiger partial charge is 0.416 e. The van der Waals surface area contributed by atoms with Crippen LogP contribution in [0.15, 0.2) is 59.5 Å². The number of rotatable bonds is 7. The molecule has 2 aromatic carbocycles. The second-order valence-electron chi connectivity index (χ2n) is 8.70. The molecule has 0 fully saturated rings. The standard InChI is InChI=1S/C25H23F5N2O3S/c1-24(19-9-7-17(25(28,29)30)14-16(19)4-3-12-26)11-13-35-21-15-18(8-10-20(21)24)36(33,34)32-23-6-2-5-22(27)31-23/h2,5-10,14-15H,3-4,11-13H2,1H3,(H,31,32)/t24-/m0/s1. The lowest BCUT2D eigenvalue weighted by Crippen LogP contribution is -2.32. The van der Waals surface area contributed by atoms with Gasteiger partial charge in [-0.05, 0) is 60.7 Å². The van der Waals surface area contributed by atoms with Gasteiger partial charge in [-0.3, -0.25) is 9.11 Å². The zero-order valence-corrected chi connectivity index (χ0v) is 20.0. The average Bonchev–Trinajstić information content (AvgIpc) is 2.81. The monoisotopic (exact) mass is 526 g/mol. The molecule has 2 heterocycles. The molecule has 0 unspecified atom stereocenters. The van der Waals surface area contributed by atoms with Crippen molar-refractivity contribution in [3.8, 4) is 5.75 Å². The molecule has 1 N–H and O–H groups in total. The molecule has 0 aliphatic carbocycles. The summed E-state index contributed by atoms with van der Waals surface area (Å²) in [7, 11) is -4.13. The van der Waals surface area contributed by atoms with Crippen LogP contribution in [0.25, 0.3) is 0 Å². The van der Waals surface area contributed by atoms with Crippen molar-refractivity contribution in [3.63, 3.8) is 0 Å². The minimum absolute atomic E-state index is 0.0741. The van der Waals surface area contributed by atoms with Crippen LogP contribution < -0.4 is 9.46 Å². The second-order valence-corrected chi connectivity index (χ2v) is 10.4. The molecular formula is C25H23F5N2O3S. The van der Waals surface area contributed by atoms with Gasteiger partial charge in [-0.1, -0.05) is 25.1 Å². The number of hydrogen-bond donors (Lipinski definition) is 1. The summed E-state index contributed by atoms with van der Waals surface area (Å²) >= 11 is 0. The molecular weight excluding hydrogens is 503 g/mol. The van der Waals surface area contributed by atoms with Crippen LogP contribution >= 0.6 is 0 Å². The SMILES string of the molecule is C[C@@]1(c2ccc(C(F)(F)F)cc2CCCF)CCOc2cc(S(=O)(=O)Nc3cccc(F)n3)ccc21. The van der Waals surface area contributed by atoms with Crippen molar-refractivity contribution in [2.45, 2.75) is 42.7 Å². The average molecular weight is 527 g/mol. The maximum absolute atomic E-state index is 13.4. The molecule has 0 saturated carbocycles. The molecule has 0 saturated heterocycles. The molecule has 1 aliphatic heterocycles. The van der Waals surface area contributed by atoms with Gasteiger partial charge in [0.05, 0.1) is 23.7 Å². The van der Waals surface area contributed by atoms with E-state index in [1.54, 1.807) is 6.07 Å². The van der Waals surface area contributed by atoms with Crippen molar-refractivity contribution in [2.24, 2.45) is 0 Å². The number of aryl methyl sites for hydroxylation is 1. The summed E-state index contributed by atoms with van der Waals surface area (Å²) in [5.74, 6) is -0.782. The van der Waals surface area contributed by atoms with E-state index < -0.39 is 39.8 Å². The number of alkyl halides is 4. The largest absolute Gasteiger partial charge is 0.493 e. The van der Waals surface area contributed by atoms with Crippen molar-refractivity contribution < 1.29 is 35.1 Å². The first-order valence-corrected chi connectivity index (χ1v) is 12.6. The first-order chi connectivity index (χ1) is 16.9. The molecule has 36 heavy (non-hydrogen) atoms. The van der Waals surface area contributed by atoms with Crippen LogP contribution in [0.4, 0.5) is 27.8 Å². The van der Waals surface area contributed by atoms with E-state index in [1.807, 2.05) is 6.92 Å². The third-order valence-electron chi connectivity index (χ3n) is 6.28. The molecule has 1 aromatic heterocycles. The molecule has 11 heteroatoms. The van der Waals surface area contributed by atoms with Crippen LogP contribution in [0.5, 0.6) is 5.75 Å². The number of anilines is 1. The number of aromatic nitrogens is 1. The number of ether oxygens (including phenoxy) is 1. The third-order valence-corrected chi connectivity index (χ3v) is 7.63. The van der Waals surface area contributed by atoms with Gasteiger partial charge in [0, 0.05) is 17.0 Å². The fourth-order valence-electron chi connectivity index (χ4n) is 4.46. The Morgan fingerprint density at radius 2 is 1.83 bits per heavy atom. The second kappa shape index (κ2) is 9.68. The summed E-state index contributed by atoms with van der Waals surface area (Å²) in [5, 5.41) is 0. The lowest BCUT2D eigenvalue weighted by atomic mass is 9.70. The minimum atomic E-state index is -4.54. The van der Waals surface area contributed by atoms with E-state index in [0.29, 0.717) is 23.1 Å². The van der Waals surface area contributed by atoms with Crippen LogP contribution in [0.2, 0.25) is 0 Å². The molecule has 192 valence electrons. The van der Waals surface area contributed by atoms with Crippen LogP contribution in [0, 0.1) is 5.95 Å². The summed E-state index contributed by atoms with van der Waals surface area (Å²) in [6.07, 6.45) is -3.92. The van der Waals surface area contributed by atoms with Crippen LogP contribution in [0.1, 0.15) is 42.0 Å². The number of fused-ring (bicyclic) bond motifs is 1. The molecule has 5 nitrogen and oxygen atoms in total. The van der Waals surface area contributed by atoms with Gasteiger partial charge in [0.15, 0.2) is 0 Å². The first kappa shape index (κ1) is 25.9. The van der Waals surface area contributed by atoms with Crippen molar-refractivity contribution >= 4 is 15.8 Å². The highest BCUT2D eigenvalue weighted by Crippen LogP contribution is 2.46. The Morgan fingerprint density at radius 1 is 1.08 bits per heavy atom. The molecule has 3 aromatic rings. The van der Waals surface area contributed by atoms with E-state index in [2.05, 4.69) is 9.71 Å². The minimum Gasteiger partial charge on any atom is -0.493 e. The lowest BCUT2D eigenvalue weighted by Gasteiger charge is -2.38. The predicted molar refractivity (Wildman–Crippen MR) is 124 cm³/mol. The highest BCUT2D eigenvalue weighted by molar-refractivity contribution is 7.92. The first-order valence-electron chi connectivity index (χ1n) is 11.1. The van der Waals surface area contributed by atoms with E-state index in [9.17, 15) is 30.4 Å². The quantitative estimate of drug-likeness (QED) is 0.302. The Balaban J connectivity index is 1.74. The van der Waals surface area contributed by atoms with E-state index in [1.165, 1.54) is 30.3 Å². The van der Waals surface area contributed by atoms with Gasteiger partial charge in [-0.15, -0.1) is 0 Å². The van der Waals surface area contributed by atoms with E-state index in [0.717, 1.165) is 18.2 Å². The lowest BCUT2D eigenvalue weighted by molar-refractivity contribution is -0.137. The van der Waals surface area contributed by atoms with Crippen LogP contribution in [-0.4, -0.2) is 26.7 Å². The molecule has 1 atom stereocenters. The fourth-order valence-corrected chi connectivity index (χ4v) is 5.48. The summed E-state index contributed by atoms with van der Waals surface area (Å²) in [5.41, 5.74) is -0.0321. The van der Waals surface area contributed by atoms with E-state index in [-0.39, 0.29) is 35.9 Å². The van der Waals surface area contributed by atoms with Gasteiger partial charge in [0.2, 0.25) is 5.95 Å². The Kier molecular flexibility index (Phi) is 6.96. The fraction of sp³-hybridized carbons (Fsp3) is 0.320. The van der Waals surface area contributed by atoms with E-state index in [4.69, 9.17) is 4.74 Å². The Labute approximate surface area is 205 Å². The van der Waals surface area contributed by atoms with E-state index >= 15 is 0 Å². The highest BCUT2D eigenvalue weighted by atomic mass is 32.2. The van der Waals surface area contributed by atoms with Gasteiger partial charge in [0.25, 0.3) is 10.0 Å². The number of halogens is 5. The number of nitrogens with zero attached hydrogens (tertiary/aromatic N) is 1. The zero-order valence-electron chi connectivity index (χ0n) is 19.2. The summed E-state index contributed by atoms with van der Waals surface area (Å²) in [4.78, 5) is 3.35. The normalized spacial score (nSPS) is 17.8. The highest BCUT2D eigenvalue weighted by Gasteiger charge is 2.39. The van der Waals surface area contributed by atoms with Gasteiger partial charge in [0.1, 0.15) is 11.6 Å². The number of hydrogen-bond acceptors (Lipinski definition) is 4. The number of pyridine rings is 1. The Morgan fingerprint density at radius 3 is 2.53 bits per heavy atom. The molecule has 0 spiro atoms. The van der Waals surface area contributed by atoms with Gasteiger partial charge in [-0.25, -0.2) is 13.4 Å². The zero-order chi connectivity index (χ0) is 26.1. The summed E-state index contributed by atoms with van der Waals surface area (Å²) in [6.45, 7) is 1.37. The van der Waals surface area contributed by atoms with Crippen LogP contribution in [-0.2, 0) is 28.0 Å². The molecule has 4 rings (SSSR count). The van der Waals surface area contributed by atoms with Crippen molar-refractivity contribution in [2.75, 3.05) is 18.0 Å². The molecule has 0 bridgehead atoms. The Bertz CT molecular complexity index is 1380. The van der Waals surface area contributed by atoms with Crippen LogP contribution in [0.3, 0.4) is 0 Å². The van der Waals surface area contributed by atoms with Gasteiger partial charge < -0.3 is 4.74 Å².